The van der Waals surface area contributed by atoms with Gasteiger partial charge in [0.1, 0.15) is 0 Å². The Kier molecular flexibility index (Phi) is 1.18. The summed E-state index contributed by atoms with van der Waals surface area (Å²) in [6.07, 6.45) is 9.79. The summed E-state index contributed by atoms with van der Waals surface area (Å²) < 4.78 is 0. The summed E-state index contributed by atoms with van der Waals surface area (Å²) in [7, 11) is 0. The number of rotatable bonds is 0. The second-order valence-electron chi connectivity index (χ2n) is 4.80. The largest absolute Gasteiger partial charge is 0.0842 e. The Bertz CT molecular complexity index is 235. The predicted octanol–water partition coefficient (Wildman–Crippen LogP) is 2.88. The summed E-state index contributed by atoms with van der Waals surface area (Å²) in [5.74, 6) is 5.36. The lowest BCUT2D eigenvalue weighted by Gasteiger charge is -2.54. The normalized spacial score (nSPS) is 59.8. The molecule has 6 atom stereocenters. The molecule has 0 N–H and O–H groups in total. The summed E-state index contributed by atoms with van der Waals surface area (Å²) in [4.78, 5) is 0. The van der Waals surface area contributed by atoms with Crippen LogP contribution in [0, 0.1) is 35.5 Å². The van der Waals surface area contributed by atoms with Gasteiger partial charge < -0.3 is 0 Å². The monoisotopic (exact) mass is 160 g/mol. The van der Waals surface area contributed by atoms with Crippen molar-refractivity contribution in [3.63, 3.8) is 0 Å². The first-order chi connectivity index (χ1) is 5.79. The SMILES string of the molecule is C[C@H]1[C@H](C)[C@@H]2C=C[C@@H]1[C@H]1C=C[C@@H]12. The molecule has 4 aliphatic carbocycles. The van der Waals surface area contributed by atoms with Gasteiger partial charge in [0.15, 0.2) is 0 Å². The fourth-order valence-corrected chi connectivity index (χ4v) is 3.40. The molecule has 0 saturated heterocycles. The van der Waals surface area contributed by atoms with Crippen LogP contribution in [-0.2, 0) is 0 Å². The van der Waals surface area contributed by atoms with Crippen molar-refractivity contribution in [1.29, 1.82) is 0 Å². The standard InChI is InChI=1S/C12H16/c1-7-8(2)10-4-3-9(7)11-5-6-12(10)11/h3-12H,1-2H3/t7-,8-,9-,10-,11+,12+/m0/s1. The number of fused-ring (bicyclic) bond motifs is 1. The Labute approximate surface area is 74.4 Å². The molecule has 0 unspecified atom stereocenters. The minimum atomic E-state index is 0.861. The molecule has 2 bridgehead atoms. The van der Waals surface area contributed by atoms with Crippen molar-refractivity contribution in [3.8, 4) is 0 Å². The van der Waals surface area contributed by atoms with Gasteiger partial charge in [-0.3, -0.25) is 0 Å². The first-order valence-electron chi connectivity index (χ1n) is 5.15. The predicted molar refractivity (Wildman–Crippen MR) is 50.6 cm³/mol. The summed E-state index contributed by atoms with van der Waals surface area (Å²) in [5, 5.41) is 0. The molecule has 1 fully saturated rings. The van der Waals surface area contributed by atoms with Gasteiger partial charge >= 0.3 is 0 Å². The van der Waals surface area contributed by atoms with Crippen LogP contribution in [0.2, 0.25) is 0 Å². The molecule has 0 heteroatoms. The number of allylic oxidation sites excluding steroid dienone is 4. The van der Waals surface area contributed by atoms with Crippen LogP contribution in [0.4, 0.5) is 0 Å². The van der Waals surface area contributed by atoms with E-state index in [1.165, 1.54) is 0 Å². The van der Waals surface area contributed by atoms with Gasteiger partial charge in [0.25, 0.3) is 0 Å². The van der Waals surface area contributed by atoms with Crippen LogP contribution in [0.1, 0.15) is 13.8 Å². The van der Waals surface area contributed by atoms with Crippen molar-refractivity contribution in [2.24, 2.45) is 35.5 Å². The Morgan fingerprint density at radius 3 is 1.25 bits per heavy atom. The Morgan fingerprint density at radius 1 is 0.583 bits per heavy atom. The third-order valence-corrected chi connectivity index (χ3v) is 4.49. The number of hydrogen-bond donors (Lipinski definition) is 0. The summed E-state index contributed by atoms with van der Waals surface area (Å²) in [6.45, 7) is 4.85. The van der Waals surface area contributed by atoms with Crippen LogP contribution in [0.3, 0.4) is 0 Å². The molecule has 64 valence electrons. The zero-order valence-electron chi connectivity index (χ0n) is 7.77. The average Bonchev–Trinajstić information content (AvgIpc) is 2.00. The molecule has 0 nitrogen and oxygen atoms in total. The number of hydrogen-bond acceptors (Lipinski definition) is 0. The molecule has 1 saturated carbocycles. The fourth-order valence-electron chi connectivity index (χ4n) is 3.40. The lowest BCUT2D eigenvalue weighted by molar-refractivity contribution is 0.0557. The van der Waals surface area contributed by atoms with Crippen LogP contribution in [0.25, 0.3) is 0 Å². The molecule has 0 aliphatic heterocycles. The quantitative estimate of drug-likeness (QED) is 0.478. The van der Waals surface area contributed by atoms with Crippen molar-refractivity contribution in [1.82, 2.24) is 0 Å². The van der Waals surface area contributed by atoms with Crippen LogP contribution in [0.15, 0.2) is 24.3 Å². The first-order valence-corrected chi connectivity index (χ1v) is 5.15. The van der Waals surface area contributed by atoms with E-state index in [1.54, 1.807) is 0 Å². The maximum Gasteiger partial charge on any atom is -0.00990 e. The van der Waals surface area contributed by atoms with Gasteiger partial charge in [-0.15, -0.1) is 0 Å². The molecule has 0 radical (unpaired) electrons. The molecule has 12 heavy (non-hydrogen) atoms. The van der Waals surface area contributed by atoms with Gasteiger partial charge in [0.2, 0.25) is 0 Å². The van der Waals surface area contributed by atoms with Crippen molar-refractivity contribution in [2.45, 2.75) is 13.8 Å². The highest BCUT2D eigenvalue weighted by atomic mass is 14.5. The highest BCUT2D eigenvalue weighted by molar-refractivity contribution is 5.26. The molecular formula is C12H16. The van der Waals surface area contributed by atoms with Crippen LogP contribution < -0.4 is 0 Å². The summed E-state index contributed by atoms with van der Waals surface area (Å²) in [6, 6.07) is 0. The molecule has 0 amide bonds. The van der Waals surface area contributed by atoms with Crippen molar-refractivity contribution in [3.05, 3.63) is 24.3 Å². The van der Waals surface area contributed by atoms with E-state index in [-0.39, 0.29) is 0 Å². The molecule has 0 heterocycles. The molecular weight excluding hydrogens is 144 g/mol. The highest BCUT2D eigenvalue weighted by Gasteiger charge is 2.48. The van der Waals surface area contributed by atoms with Gasteiger partial charge in [0.05, 0.1) is 0 Å². The van der Waals surface area contributed by atoms with Gasteiger partial charge in [-0.05, 0) is 35.5 Å². The third-order valence-electron chi connectivity index (χ3n) is 4.49. The van der Waals surface area contributed by atoms with E-state index >= 15 is 0 Å². The first kappa shape index (κ1) is 6.94. The topological polar surface area (TPSA) is 0 Å². The third kappa shape index (κ3) is 0.608. The van der Waals surface area contributed by atoms with E-state index in [4.69, 9.17) is 0 Å². The summed E-state index contributed by atoms with van der Waals surface area (Å²) >= 11 is 0. The molecule has 0 spiro atoms. The minimum Gasteiger partial charge on any atom is -0.0842 e. The molecule has 0 aromatic carbocycles. The molecule has 0 aromatic rings. The van der Waals surface area contributed by atoms with E-state index in [0.29, 0.717) is 0 Å². The highest BCUT2D eigenvalue weighted by Crippen LogP contribution is 2.55. The fraction of sp³-hybridized carbons (Fsp3) is 0.667. The Hall–Kier alpha value is -0.520. The van der Waals surface area contributed by atoms with E-state index in [9.17, 15) is 0 Å². The van der Waals surface area contributed by atoms with E-state index in [0.717, 1.165) is 35.5 Å². The molecule has 4 aliphatic rings. The van der Waals surface area contributed by atoms with E-state index < -0.39 is 0 Å². The maximum atomic E-state index is 2.47. The summed E-state index contributed by atoms with van der Waals surface area (Å²) in [5.41, 5.74) is 0. The van der Waals surface area contributed by atoms with Crippen LogP contribution in [0.5, 0.6) is 0 Å². The lowest BCUT2D eigenvalue weighted by Crippen LogP contribution is -2.48. The van der Waals surface area contributed by atoms with E-state index in [1.807, 2.05) is 0 Å². The van der Waals surface area contributed by atoms with Gasteiger partial charge in [0, 0.05) is 0 Å². The van der Waals surface area contributed by atoms with Crippen molar-refractivity contribution >= 4 is 0 Å². The minimum absolute atomic E-state index is 0.861. The lowest BCUT2D eigenvalue weighted by atomic mass is 9.50. The smallest absolute Gasteiger partial charge is 0.00990 e. The second kappa shape index (κ2) is 2.04. The van der Waals surface area contributed by atoms with Gasteiger partial charge in [-0.25, -0.2) is 0 Å². The maximum absolute atomic E-state index is 2.47. The van der Waals surface area contributed by atoms with Gasteiger partial charge in [-0.1, -0.05) is 38.2 Å². The Morgan fingerprint density at radius 2 is 0.917 bits per heavy atom. The molecule has 0 aromatic heterocycles. The van der Waals surface area contributed by atoms with Crippen molar-refractivity contribution < 1.29 is 0 Å². The van der Waals surface area contributed by atoms with Crippen molar-refractivity contribution in [2.75, 3.05) is 0 Å². The molecule has 4 rings (SSSR count). The second-order valence-corrected chi connectivity index (χ2v) is 4.80. The zero-order valence-corrected chi connectivity index (χ0v) is 7.77. The Balaban J connectivity index is 2.04. The average molecular weight is 160 g/mol. The van der Waals surface area contributed by atoms with Gasteiger partial charge in [-0.2, -0.15) is 0 Å². The van der Waals surface area contributed by atoms with E-state index in [2.05, 4.69) is 38.2 Å². The zero-order chi connectivity index (χ0) is 8.29. The van der Waals surface area contributed by atoms with Crippen LogP contribution in [-0.4, -0.2) is 0 Å². The van der Waals surface area contributed by atoms with Crippen LogP contribution >= 0.6 is 0 Å².